The second kappa shape index (κ2) is 6.70. The minimum absolute atomic E-state index is 0.0450. The van der Waals surface area contributed by atoms with Crippen LogP contribution in [-0.4, -0.2) is 49.3 Å². The lowest BCUT2D eigenvalue weighted by Crippen LogP contribution is -2.50. The summed E-state index contributed by atoms with van der Waals surface area (Å²) in [5, 5.41) is 14.8. The van der Waals surface area contributed by atoms with Crippen molar-refractivity contribution in [1.29, 1.82) is 0 Å². The van der Waals surface area contributed by atoms with Crippen molar-refractivity contribution in [3.8, 4) is 0 Å². The van der Waals surface area contributed by atoms with Gasteiger partial charge in [-0.15, -0.1) is 0 Å². The Labute approximate surface area is 107 Å². The molecule has 0 bridgehead atoms. The van der Waals surface area contributed by atoms with Crippen molar-refractivity contribution >= 4 is 11.9 Å². The Morgan fingerprint density at radius 3 is 2.61 bits per heavy atom. The molecule has 1 heterocycles. The molecule has 0 aromatic rings. The van der Waals surface area contributed by atoms with Crippen LogP contribution in [0.5, 0.6) is 0 Å². The van der Waals surface area contributed by atoms with Crippen molar-refractivity contribution in [3.63, 3.8) is 0 Å². The maximum Gasteiger partial charge on any atom is 0.326 e. The van der Waals surface area contributed by atoms with Gasteiger partial charge in [-0.25, -0.2) is 4.79 Å². The molecule has 1 saturated heterocycles. The van der Waals surface area contributed by atoms with E-state index < -0.39 is 12.0 Å². The molecule has 1 rings (SSSR count). The van der Waals surface area contributed by atoms with Crippen molar-refractivity contribution in [2.45, 2.75) is 32.4 Å². The van der Waals surface area contributed by atoms with E-state index in [1.807, 2.05) is 13.8 Å². The number of carboxylic acid groups (broad SMARTS) is 1. The van der Waals surface area contributed by atoms with E-state index in [-0.39, 0.29) is 23.8 Å². The Morgan fingerprint density at radius 1 is 1.44 bits per heavy atom. The van der Waals surface area contributed by atoms with Crippen LogP contribution in [0.2, 0.25) is 0 Å². The molecule has 2 unspecified atom stereocenters. The van der Waals surface area contributed by atoms with Crippen LogP contribution in [0.3, 0.4) is 0 Å². The molecule has 0 radical (unpaired) electrons. The SMILES string of the molecule is CC[C@H](C)[C@H](NC(=O)C1COCC1NC)C(=O)O. The van der Waals surface area contributed by atoms with Crippen LogP contribution in [0.1, 0.15) is 20.3 Å². The van der Waals surface area contributed by atoms with Crippen LogP contribution in [0.4, 0.5) is 0 Å². The highest BCUT2D eigenvalue weighted by Crippen LogP contribution is 2.15. The van der Waals surface area contributed by atoms with Gasteiger partial charge >= 0.3 is 5.97 Å². The molecule has 1 aliphatic rings. The van der Waals surface area contributed by atoms with Crippen LogP contribution in [-0.2, 0) is 14.3 Å². The number of amides is 1. The molecule has 4 atom stereocenters. The van der Waals surface area contributed by atoms with Crippen molar-refractivity contribution in [3.05, 3.63) is 0 Å². The molecule has 6 heteroatoms. The third kappa shape index (κ3) is 3.43. The average molecular weight is 258 g/mol. The number of carbonyl (C=O) groups is 2. The zero-order valence-electron chi connectivity index (χ0n) is 11.1. The Balaban J connectivity index is 2.63. The summed E-state index contributed by atoms with van der Waals surface area (Å²) in [6.07, 6.45) is 0.702. The van der Waals surface area contributed by atoms with Crippen LogP contribution >= 0.6 is 0 Å². The van der Waals surface area contributed by atoms with Crippen LogP contribution in [0, 0.1) is 11.8 Å². The van der Waals surface area contributed by atoms with Gasteiger partial charge in [0.1, 0.15) is 6.04 Å². The lowest BCUT2D eigenvalue weighted by Gasteiger charge is -2.23. The van der Waals surface area contributed by atoms with Gasteiger partial charge in [0, 0.05) is 6.04 Å². The van der Waals surface area contributed by atoms with Crippen LogP contribution in [0.15, 0.2) is 0 Å². The summed E-state index contributed by atoms with van der Waals surface area (Å²) in [6, 6.07) is -0.878. The van der Waals surface area contributed by atoms with E-state index in [2.05, 4.69) is 10.6 Å². The van der Waals surface area contributed by atoms with Crippen molar-refractivity contribution in [2.24, 2.45) is 11.8 Å². The predicted molar refractivity (Wildman–Crippen MR) is 66.2 cm³/mol. The second-order valence-electron chi connectivity index (χ2n) is 4.75. The summed E-state index contributed by atoms with van der Waals surface area (Å²) in [6.45, 7) is 4.54. The van der Waals surface area contributed by atoms with E-state index in [1.165, 1.54) is 0 Å². The number of rotatable bonds is 6. The maximum atomic E-state index is 12.1. The lowest BCUT2D eigenvalue weighted by atomic mass is 9.97. The standard InChI is InChI=1S/C12H22N2O4/c1-4-7(2)10(12(16)17)14-11(15)8-5-18-6-9(8)13-3/h7-10,13H,4-6H2,1-3H3,(H,14,15)(H,16,17)/t7-,8?,9?,10-/m0/s1. The number of carbonyl (C=O) groups excluding carboxylic acids is 1. The van der Waals surface area contributed by atoms with Crippen LogP contribution < -0.4 is 10.6 Å². The number of hydrogen-bond donors (Lipinski definition) is 3. The molecule has 1 aliphatic heterocycles. The summed E-state index contributed by atoms with van der Waals surface area (Å²) in [5.41, 5.74) is 0. The van der Waals surface area contributed by atoms with Gasteiger partial charge in [0.25, 0.3) is 0 Å². The fourth-order valence-electron chi connectivity index (χ4n) is 2.04. The van der Waals surface area contributed by atoms with Crippen molar-refractivity contribution in [1.82, 2.24) is 10.6 Å². The first-order chi connectivity index (χ1) is 8.51. The van der Waals surface area contributed by atoms with E-state index in [0.29, 0.717) is 19.6 Å². The fourth-order valence-corrected chi connectivity index (χ4v) is 2.04. The first kappa shape index (κ1) is 14.9. The van der Waals surface area contributed by atoms with Crippen molar-refractivity contribution < 1.29 is 19.4 Å². The molecule has 0 saturated carbocycles. The minimum Gasteiger partial charge on any atom is -0.480 e. The van der Waals surface area contributed by atoms with E-state index in [0.717, 1.165) is 0 Å². The van der Waals surface area contributed by atoms with Gasteiger partial charge in [-0.3, -0.25) is 4.79 Å². The molecular formula is C12H22N2O4. The van der Waals surface area contributed by atoms with Gasteiger partial charge < -0.3 is 20.5 Å². The largest absolute Gasteiger partial charge is 0.480 e. The Bertz CT molecular complexity index is 308. The topological polar surface area (TPSA) is 87.7 Å². The molecule has 6 nitrogen and oxygen atoms in total. The summed E-state index contributed by atoms with van der Waals surface area (Å²) >= 11 is 0. The van der Waals surface area contributed by atoms with Gasteiger partial charge in [0.05, 0.1) is 19.1 Å². The maximum absolute atomic E-state index is 12.1. The van der Waals surface area contributed by atoms with Gasteiger partial charge in [0.15, 0.2) is 0 Å². The highest BCUT2D eigenvalue weighted by Gasteiger charge is 2.35. The number of carboxylic acids is 1. The summed E-state index contributed by atoms with van der Waals surface area (Å²) in [5.74, 6) is -1.65. The normalized spacial score (nSPS) is 26.6. The van der Waals surface area contributed by atoms with E-state index in [4.69, 9.17) is 9.84 Å². The third-order valence-electron chi connectivity index (χ3n) is 3.56. The summed E-state index contributed by atoms with van der Waals surface area (Å²) < 4.78 is 5.24. The number of ether oxygens (including phenoxy) is 1. The number of aliphatic carboxylic acids is 1. The number of hydrogen-bond acceptors (Lipinski definition) is 4. The van der Waals surface area contributed by atoms with Gasteiger partial charge in [-0.1, -0.05) is 20.3 Å². The van der Waals surface area contributed by atoms with Crippen molar-refractivity contribution in [2.75, 3.05) is 20.3 Å². The third-order valence-corrected chi connectivity index (χ3v) is 3.56. The molecule has 1 fully saturated rings. The van der Waals surface area contributed by atoms with Gasteiger partial charge in [0.2, 0.25) is 5.91 Å². The second-order valence-corrected chi connectivity index (χ2v) is 4.75. The molecule has 1 amide bonds. The van der Waals surface area contributed by atoms with E-state index in [1.54, 1.807) is 7.05 Å². The number of likely N-dealkylation sites (N-methyl/N-ethyl adjacent to an activating group) is 1. The summed E-state index contributed by atoms with van der Waals surface area (Å²) in [7, 11) is 1.77. The fraction of sp³-hybridized carbons (Fsp3) is 0.833. The van der Waals surface area contributed by atoms with E-state index >= 15 is 0 Å². The first-order valence-corrected chi connectivity index (χ1v) is 6.29. The number of nitrogens with one attached hydrogen (secondary N) is 2. The molecule has 3 N–H and O–H groups in total. The molecule has 104 valence electrons. The van der Waals surface area contributed by atoms with Gasteiger partial charge in [-0.2, -0.15) is 0 Å². The highest BCUT2D eigenvalue weighted by molar-refractivity contribution is 5.85. The smallest absolute Gasteiger partial charge is 0.326 e. The minimum atomic E-state index is -0.988. The molecule has 0 aromatic heterocycles. The quantitative estimate of drug-likeness (QED) is 0.616. The average Bonchev–Trinajstić information content (AvgIpc) is 2.82. The lowest BCUT2D eigenvalue weighted by molar-refractivity contribution is -0.144. The Kier molecular flexibility index (Phi) is 5.55. The first-order valence-electron chi connectivity index (χ1n) is 6.29. The van der Waals surface area contributed by atoms with Crippen LogP contribution in [0.25, 0.3) is 0 Å². The molecule has 0 aromatic carbocycles. The predicted octanol–water partition coefficient (Wildman–Crippen LogP) is -0.164. The summed E-state index contributed by atoms with van der Waals surface area (Å²) in [4.78, 5) is 23.2. The monoisotopic (exact) mass is 258 g/mol. The Hall–Kier alpha value is -1.14. The molecule has 0 aliphatic carbocycles. The zero-order valence-corrected chi connectivity index (χ0v) is 11.1. The van der Waals surface area contributed by atoms with E-state index in [9.17, 15) is 9.59 Å². The Morgan fingerprint density at radius 2 is 2.11 bits per heavy atom. The molecular weight excluding hydrogens is 236 g/mol. The molecule has 18 heavy (non-hydrogen) atoms. The highest BCUT2D eigenvalue weighted by atomic mass is 16.5. The molecule has 0 spiro atoms. The zero-order chi connectivity index (χ0) is 13.7. The van der Waals surface area contributed by atoms with Gasteiger partial charge in [-0.05, 0) is 13.0 Å².